The Bertz CT molecular complexity index is 649. The van der Waals surface area contributed by atoms with Crippen molar-refractivity contribution in [2.45, 2.75) is 6.04 Å². The second-order valence-corrected chi connectivity index (χ2v) is 4.54. The van der Waals surface area contributed by atoms with Crippen molar-refractivity contribution < 1.29 is 4.79 Å². The van der Waals surface area contributed by atoms with Crippen LogP contribution in [0.1, 0.15) is 17.2 Å². The number of hydrogen-bond acceptors (Lipinski definition) is 3. The molecule has 0 saturated carbocycles. The lowest BCUT2D eigenvalue weighted by molar-refractivity contribution is 0.251. The first kappa shape index (κ1) is 14.6. The molecule has 1 unspecified atom stereocenters. The zero-order valence-electron chi connectivity index (χ0n) is 11.4. The van der Waals surface area contributed by atoms with E-state index in [-0.39, 0.29) is 12.1 Å². The summed E-state index contributed by atoms with van der Waals surface area (Å²) in [6.07, 6.45) is 0. The number of carbonyl (C=O) groups excluding carboxylic acids is 1. The van der Waals surface area contributed by atoms with E-state index in [9.17, 15) is 4.79 Å². The molecule has 0 saturated heterocycles. The number of nitrogens with one attached hydrogen (secondary N) is 2. The Morgan fingerprint density at radius 1 is 1.19 bits per heavy atom. The maximum Gasteiger partial charge on any atom is 0.319 e. The molecule has 2 amide bonds. The molecule has 0 aliphatic carbocycles. The van der Waals surface area contributed by atoms with Crippen LogP contribution in [-0.2, 0) is 0 Å². The second kappa shape index (κ2) is 7.08. The Labute approximate surface area is 123 Å². The van der Waals surface area contributed by atoms with E-state index < -0.39 is 0 Å². The number of carbonyl (C=O) groups is 1. The molecule has 2 aromatic rings. The molecular formula is C16H16N4O. The fraction of sp³-hybridized carbons (Fsp3) is 0.125. The van der Waals surface area contributed by atoms with Crippen LogP contribution in [0.3, 0.4) is 0 Å². The molecule has 2 aromatic carbocycles. The zero-order valence-corrected chi connectivity index (χ0v) is 11.4. The molecule has 1 atom stereocenters. The van der Waals surface area contributed by atoms with Gasteiger partial charge in [0.05, 0.1) is 11.6 Å². The number of amides is 2. The van der Waals surface area contributed by atoms with Gasteiger partial charge in [-0.2, -0.15) is 5.26 Å². The summed E-state index contributed by atoms with van der Waals surface area (Å²) in [5.74, 6) is 0. The van der Waals surface area contributed by atoms with Crippen molar-refractivity contribution in [3.05, 3.63) is 65.7 Å². The monoisotopic (exact) mass is 280 g/mol. The van der Waals surface area contributed by atoms with Crippen molar-refractivity contribution >= 4 is 11.7 Å². The summed E-state index contributed by atoms with van der Waals surface area (Å²) in [6.45, 7) is 0.327. The normalized spacial score (nSPS) is 11.2. The molecule has 4 N–H and O–H groups in total. The van der Waals surface area contributed by atoms with Crippen LogP contribution in [0, 0.1) is 11.3 Å². The van der Waals surface area contributed by atoms with Crippen molar-refractivity contribution in [3.63, 3.8) is 0 Å². The summed E-state index contributed by atoms with van der Waals surface area (Å²) in [7, 11) is 0. The molecule has 0 aliphatic heterocycles. The molecule has 5 heteroatoms. The third-order valence-corrected chi connectivity index (χ3v) is 2.96. The highest BCUT2D eigenvalue weighted by Gasteiger charge is 2.08. The fourth-order valence-electron chi connectivity index (χ4n) is 1.86. The maximum atomic E-state index is 11.8. The summed E-state index contributed by atoms with van der Waals surface area (Å²) >= 11 is 0. The molecule has 2 rings (SSSR count). The lowest BCUT2D eigenvalue weighted by Crippen LogP contribution is -2.34. The van der Waals surface area contributed by atoms with Gasteiger partial charge in [0.15, 0.2) is 0 Å². The second-order valence-electron chi connectivity index (χ2n) is 4.54. The summed E-state index contributed by atoms with van der Waals surface area (Å²) < 4.78 is 0. The van der Waals surface area contributed by atoms with E-state index in [0.717, 1.165) is 5.56 Å². The summed E-state index contributed by atoms with van der Waals surface area (Å²) in [5, 5.41) is 14.2. The topological polar surface area (TPSA) is 90.9 Å². The fourth-order valence-corrected chi connectivity index (χ4v) is 1.86. The maximum absolute atomic E-state index is 11.8. The highest BCUT2D eigenvalue weighted by molar-refractivity contribution is 5.89. The molecule has 0 fully saturated rings. The van der Waals surface area contributed by atoms with E-state index in [2.05, 4.69) is 10.6 Å². The molecule has 0 aromatic heterocycles. The minimum Gasteiger partial charge on any atom is -0.336 e. The molecule has 0 spiro atoms. The first-order valence-corrected chi connectivity index (χ1v) is 6.54. The average molecular weight is 280 g/mol. The van der Waals surface area contributed by atoms with Crippen LogP contribution in [0.2, 0.25) is 0 Å². The van der Waals surface area contributed by atoms with Crippen LogP contribution in [0.25, 0.3) is 0 Å². The van der Waals surface area contributed by atoms with Crippen molar-refractivity contribution in [1.82, 2.24) is 5.32 Å². The van der Waals surface area contributed by atoms with Crippen LogP contribution < -0.4 is 16.4 Å². The number of nitrogens with zero attached hydrogens (tertiary/aromatic N) is 1. The predicted octanol–water partition coefficient (Wildman–Crippen LogP) is 2.38. The molecule has 106 valence electrons. The van der Waals surface area contributed by atoms with Gasteiger partial charge in [0.25, 0.3) is 0 Å². The molecule has 0 radical (unpaired) electrons. The SMILES string of the molecule is N#Cc1cccc(NC(=O)NCC(N)c2ccccc2)c1. The molecular weight excluding hydrogens is 264 g/mol. The minimum atomic E-state index is -0.350. The van der Waals surface area contributed by atoms with E-state index in [1.54, 1.807) is 24.3 Å². The van der Waals surface area contributed by atoms with Crippen LogP contribution in [0.15, 0.2) is 54.6 Å². The highest BCUT2D eigenvalue weighted by Crippen LogP contribution is 2.10. The van der Waals surface area contributed by atoms with E-state index in [1.807, 2.05) is 36.4 Å². The minimum absolute atomic E-state index is 0.262. The van der Waals surface area contributed by atoms with Crippen LogP contribution in [0.4, 0.5) is 10.5 Å². The van der Waals surface area contributed by atoms with Gasteiger partial charge < -0.3 is 16.4 Å². The first-order valence-electron chi connectivity index (χ1n) is 6.54. The number of nitriles is 1. The summed E-state index contributed by atoms with van der Waals surface area (Å²) in [6, 6.07) is 17.7. The lowest BCUT2D eigenvalue weighted by atomic mass is 10.1. The number of rotatable bonds is 4. The quantitative estimate of drug-likeness (QED) is 0.803. The standard InChI is InChI=1S/C16H16N4O/c17-10-12-5-4-8-14(9-12)20-16(21)19-11-15(18)13-6-2-1-3-7-13/h1-9,15H,11,18H2,(H2,19,20,21). The van der Waals surface area contributed by atoms with Crippen molar-refractivity contribution in [3.8, 4) is 6.07 Å². The summed E-state index contributed by atoms with van der Waals surface area (Å²) in [4.78, 5) is 11.8. The molecule has 5 nitrogen and oxygen atoms in total. The Hall–Kier alpha value is -2.84. The van der Waals surface area contributed by atoms with Crippen molar-refractivity contribution in [1.29, 1.82) is 5.26 Å². The number of hydrogen-bond donors (Lipinski definition) is 3. The Morgan fingerprint density at radius 3 is 2.67 bits per heavy atom. The van der Waals surface area contributed by atoms with E-state index in [4.69, 9.17) is 11.0 Å². The largest absolute Gasteiger partial charge is 0.336 e. The van der Waals surface area contributed by atoms with Gasteiger partial charge in [-0.05, 0) is 23.8 Å². The van der Waals surface area contributed by atoms with Gasteiger partial charge in [-0.1, -0.05) is 36.4 Å². The van der Waals surface area contributed by atoms with Gasteiger partial charge in [-0.25, -0.2) is 4.79 Å². The van der Waals surface area contributed by atoms with Crippen molar-refractivity contribution in [2.75, 3.05) is 11.9 Å². The Balaban J connectivity index is 1.86. The van der Waals surface area contributed by atoms with Crippen LogP contribution >= 0.6 is 0 Å². The van der Waals surface area contributed by atoms with Gasteiger partial charge in [0.1, 0.15) is 0 Å². The smallest absolute Gasteiger partial charge is 0.319 e. The first-order chi connectivity index (χ1) is 10.2. The van der Waals surface area contributed by atoms with Gasteiger partial charge in [0, 0.05) is 18.3 Å². The number of nitrogens with two attached hydrogens (primary N) is 1. The average Bonchev–Trinajstić information content (AvgIpc) is 2.53. The number of anilines is 1. The van der Waals surface area contributed by atoms with E-state index >= 15 is 0 Å². The Morgan fingerprint density at radius 2 is 1.95 bits per heavy atom. The Kier molecular flexibility index (Phi) is 4.91. The van der Waals surface area contributed by atoms with Gasteiger partial charge in [-0.15, -0.1) is 0 Å². The zero-order chi connectivity index (χ0) is 15.1. The van der Waals surface area contributed by atoms with Gasteiger partial charge in [-0.3, -0.25) is 0 Å². The number of urea groups is 1. The van der Waals surface area contributed by atoms with Gasteiger partial charge >= 0.3 is 6.03 Å². The molecule has 0 aliphatic rings. The van der Waals surface area contributed by atoms with E-state index in [0.29, 0.717) is 17.8 Å². The number of benzene rings is 2. The van der Waals surface area contributed by atoms with Crippen molar-refractivity contribution in [2.24, 2.45) is 5.73 Å². The summed E-state index contributed by atoms with van der Waals surface area (Å²) in [5.41, 5.74) is 8.02. The molecule has 0 heterocycles. The molecule has 21 heavy (non-hydrogen) atoms. The van der Waals surface area contributed by atoms with Crippen LogP contribution in [-0.4, -0.2) is 12.6 Å². The highest BCUT2D eigenvalue weighted by atomic mass is 16.2. The lowest BCUT2D eigenvalue weighted by Gasteiger charge is -2.13. The predicted molar refractivity (Wildman–Crippen MR) is 81.5 cm³/mol. The van der Waals surface area contributed by atoms with Crippen LogP contribution in [0.5, 0.6) is 0 Å². The molecule has 0 bridgehead atoms. The van der Waals surface area contributed by atoms with Gasteiger partial charge in [0.2, 0.25) is 0 Å². The third kappa shape index (κ3) is 4.34. The van der Waals surface area contributed by atoms with E-state index in [1.165, 1.54) is 0 Å². The third-order valence-electron chi connectivity index (χ3n) is 2.96.